The van der Waals surface area contributed by atoms with Crippen LogP contribution in [0.15, 0.2) is 0 Å². The molecule has 1 saturated heterocycles. The Morgan fingerprint density at radius 3 is 2.64 bits per heavy atom. The largest absolute Gasteiger partial charge is 0.380 e. The van der Waals surface area contributed by atoms with Gasteiger partial charge in [0.1, 0.15) is 0 Å². The summed E-state index contributed by atoms with van der Waals surface area (Å²) in [7, 11) is 0. The van der Waals surface area contributed by atoms with Gasteiger partial charge in [-0.1, -0.05) is 20.8 Å². The minimum absolute atomic E-state index is 0.369. The Labute approximate surface area is 69.3 Å². The van der Waals surface area contributed by atoms with Crippen LogP contribution < -0.4 is 5.32 Å². The maximum atomic E-state index is 5.36. The second-order valence-corrected chi connectivity index (χ2v) is 4.27. The van der Waals surface area contributed by atoms with Crippen LogP contribution in [-0.2, 0) is 4.74 Å². The average Bonchev–Trinajstić information content (AvgIpc) is 2.10. The molecule has 0 aromatic rings. The van der Waals surface area contributed by atoms with E-state index in [0.717, 1.165) is 26.2 Å². The Morgan fingerprint density at radius 2 is 2.00 bits per heavy atom. The summed E-state index contributed by atoms with van der Waals surface area (Å²) in [5.74, 6) is 0. The van der Waals surface area contributed by atoms with Gasteiger partial charge in [-0.15, -0.1) is 0 Å². The first-order valence-electron chi connectivity index (χ1n) is 4.42. The lowest BCUT2D eigenvalue weighted by Gasteiger charge is -2.29. The molecular formula is C9H19NO. The maximum absolute atomic E-state index is 5.36. The quantitative estimate of drug-likeness (QED) is 0.574. The molecule has 0 aromatic carbocycles. The van der Waals surface area contributed by atoms with Gasteiger partial charge in [-0.25, -0.2) is 0 Å². The molecule has 66 valence electrons. The van der Waals surface area contributed by atoms with E-state index >= 15 is 0 Å². The highest BCUT2D eigenvalue weighted by molar-refractivity contribution is 4.81. The van der Waals surface area contributed by atoms with E-state index in [1.165, 1.54) is 0 Å². The van der Waals surface area contributed by atoms with E-state index in [1.807, 2.05) is 0 Å². The SMILES string of the molecule is CC(C)(C)C1CCOCCN1. The van der Waals surface area contributed by atoms with Crippen molar-refractivity contribution in [1.82, 2.24) is 5.32 Å². The molecule has 1 fully saturated rings. The summed E-state index contributed by atoms with van der Waals surface area (Å²) in [5.41, 5.74) is 0.369. The molecule has 1 heterocycles. The van der Waals surface area contributed by atoms with Crippen molar-refractivity contribution in [2.24, 2.45) is 5.41 Å². The highest BCUT2D eigenvalue weighted by Gasteiger charge is 2.24. The fourth-order valence-electron chi connectivity index (χ4n) is 1.45. The van der Waals surface area contributed by atoms with Crippen LogP contribution in [0.2, 0.25) is 0 Å². The van der Waals surface area contributed by atoms with Gasteiger partial charge in [0.05, 0.1) is 6.61 Å². The van der Waals surface area contributed by atoms with Crippen molar-refractivity contribution >= 4 is 0 Å². The van der Waals surface area contributed by atoms with Crippen molar-refractivity contribution in [1.29, 1.82) is 0 Å². The molecule has 0 spiro atoms. The van der Waals surface area contributed by atoms with E-state index in [0.29, 0.717) is 11.5 Å². The van der Waals surface area contributed by atoms with Gasteiger partial charge < -0.3 is 10.1 Å². The van der Waals surface area contributed by atoms with Crippen LogP contribution in [0, 0.1) is 5.41 Å². The highest BCUT2D eigenvalue weighted by atomic mass is 16.5. The van der Waals surface area contributed by atoms with E-state index < -0.39 is 0 Å². The fourth-order valence-corrected chi connectivity index (χ4v) is 1.45. The van der Waals surface area contributed by atoms with Crippen molar-refractivity contribution in [3.63, 3.8) is 0 Å². The Bertz CT molecular complexity index is 109. The molecule has 11 heavy (non-hydrogen) atoms. The van der Waals surface area contributed by atoms with Crippen LogP contribution in [0.5, 0.6) is 0 Å². The first kappa shape index (κ1) is 9.01. The molecule has 0 aromatic heterocycles. The molecule has 0 radical (unpaired) electrons. The molecule has 0 amide bonds. The number of hydrogen-bond acceptors (Lipinski definition) is 2. The number of hydrogen-bond donors (Lipinski definition) is 1. The summed E-state index contributed by atoms with van der Waals surface area (Å²) in [5, 5.41) is 3.50. The van der Waals surface area contributed by atoms with Gasteiger partial charge in [-0.3, -0.25) is 0 Å². The zero-order valence-electron chi connectivity index (χ0n) is 7.81. The summed E-state index contributed by atoms with van der Waals surface area (Å²) in [6, 6.07) is 0.616. The van der Waals surface area contributed by atoms with E-state index in [9.17, 15) is 0 Å². The molecule has 2 heteroatoms. The van der Waals surface area contributed by atoms with Crippen molar-refractivity contribution in [3.8, 4) is 0 Å². The van der Waals surface area contributed by atoms with E-state index in [2.05, 4.69) is 26.1 Å². The summed E-state index contributed by atoms with van der Waals surface area (Å²) in [6.07, 6.45) is 1.14. The molecule has 1 aliphatic heterocycles. The number of ether oxygens (including phenoxy) is 1. The van der Waals surface area contributed by atoms with Gasteiger partial charge in [-0.05, 0) is 11.8 Å². The monoisotopic (exact) mass is 157 g/mol. The van der Waals surface area contributed by atoms with E-state index in [4.69, 9.17) is 4.74 Å². The van der Waals surface area contributed by atoms with E-state index in [-0.39, 0.29) is 0 Å². The van der Waals surface area contributed by atoms with Crippen LogP contribution in [0.3, 0.4) is 0 Å². The van der Waals surface area contributed by atoms with Gasteiger partial charge >= 0.3 is 0 Å². The lowest BCUT2D eigenvalue weighted by atomic mass is 9.85. The van der Waals surface area contributed by atoms with Gasteiger partial charge in [-0.2, -0.15) is 0 Å². The lowest BCUT2D eigenvalue weighted by molar-refractivity contribution is 0.144. The first-order valence-corrected chi connectivity index (χ1v) is 4.42. The van der Waals surface area contributed by atoms with Gasteiger partial charge in [0, 0.05) is 19.2 Å². The smallest absolute Gasteiger partial charge is 0.0591 e. The minimum Gasteiger partial charge on any atom is -0.380 e. The van der Waals surface area contributed by atoms with Gasteiger partial charge in [0.25, 0.3) is 0 Å². The van der Waals surface area contributed by atoms with Crippen LogP contribution in [0.25, 0.3) is 0 Å². The second kappa shape index (κ2) is 3.55. The predicted octanol–water partition coefficient (Wildman–Crippen LogP) is 1.41. The van der Waals surface area contributed by atoms with Crippen LogP contribution in [0.1, 0.15) is 27.2 Å². The van der Waals surface area contributed by atoms with Crippen LogP contribution >= 0.6 is 0 Å². The third-order valence-electron chi connectivity index (χ3n) is 2.23. The lowest BCUT2D eigenvalue weighted by Crippen LogP contribution is -2.40. The molecule has 2 nitrogen and oxygen atoms in total. The van der Waals surface area contributed by atoms with Crippen molar-refractivity contribution < 1.29 is 4.74 Å². The third kappa shape index (κ3) is 2.80. The van der Waals surface area contributed by atoms with Crippen molar-refractivity contribution in [3.05, 3.63) is 0 Å². The second-order valence-electron chi connectivity index (χ2n) is 4.27. The highest BCUT2D eigenvalue weighted by Crippen LogP contribution is 2.22. The molecule has 1 unspecified atom stereocenters. The molecule has 1 N–H and O–H groups in total. The number of nitrogens with one attached hydrogen (secondary N) is 1. The minimum atomic E-state index is 0.369. The Balaban J connectivity index is 2.43. The summed E-state index contributed by atoms with van der Waals surface area (Å²) >= 11 is 0. The van der Waals surface area contributed by atoms with E-state index in [1.54, 1.807) is 0 Å². The maximum Gasteiger partial charge on any atom is 0.0591 e. The first-order chi connectivity index (χ1) is 5.11. The van der Waals surface area contributed by atoms with Crippen LogP contribution in [0.4, 0.5) is 0 Å². The molecule has 0 bridgehead atoms. The summed E-state index contributed by atoms with van der Waals surface area (Å²) in [6.45, 7) is 9.60. The molecule has 0 saturated carbocycles. The average molecular weight is 157 g/mol. The molecular weight excluding hydrogens is 138 g/mol. The normalized spacial score (nSPS) is 28.1. The topological polar surface area (TPSA) is 21.3 Å². The van der Waals surface area contributed by atoms with Gasteiger partial charge in [0.2, 0.25) is 0 Å². The zero-order chi connectivity index (χ0) is 8.32. The summed E-state index contributed by atoms with van der Waals surface area (Å²) in [4.78, 5) is 0. The number of rotatable bonds is 0. The molecule has 1 atom stereocenters. The summed E-state index contributed by atoms with van der Waals surface area (Å²) < 4.78 is 5.36. The van der Waals surface area contributed by atoms with Crippen molar-refractivity contribution in [2.75, 3.05) is 19.8 Å². The Morgan fingerprint density at radius 1 is 1.27 bits per heavy atom. The Kier molecular flexibility index (Phi) is 2.90. The standard InChI is InChI=1S/C9H19NO/c1-9(2,3)8-4-6-11-7-5-10-8/h8,10H,4-7H2,1-3H3. The molecule has 1 rings (SSSR count). The zero-order valence-corrected chi connectivity index (χ0v) is 7.81. The third-order valence-corrected chi connectivity index (χ3v) is 2.23. The van der Waals surface area contributed by atoms with Crippen molar-refractivity contribution in [2.45, 2.75) is 33.2 Å². The van der Waals surface area contributed by atoms with Gasteiger partial charge in [0.15, 0.2) is 0 Å². The Hall–Kier alpha value is -0.0800. The van der Waals surface area contributed by atoms with Crippen LogP contribution in [-0.4, -0.2) is 25.8 Å². The fraction of sp³-hybridized carbons (Fsp3) is 1.00. The molecule has 0 aliphatic carbocycles. The molecule has 1 aliphatic rings. The predicted molar refractivity (Wildman–Crippen MR) is 46.7 cm³/mol.